The third-order valence-electron chi connectivity index (χ3n) is 7.24. The lowest BCUT2D eigenvalue weighted by Crippen LogP contribution is -2.47. The van der Waals surface area contributed by atoms with Crippen molar-refractivity contribution in [2.75, 3.05) is 11.4 Å². The molecule has 4 aliphatic rings. The molecule has 0 fully saturated rings. The molecule has 4 nitrogen and oxygen atoms in total. The molecule has 2 aliphatic carbocycles. The highest BCUT2D eigenvalue weighted by atomic mass is 15.2. The van der Waals surface area contributed by atoms with Crippen molar-refractivity contribution in [3.8, 4) is 0 Å². The van der Waals surface area contributed by atoms with Crippen LogP contribution in [0.4, 0.5) is 5.69 Å². The van der Waals surface area contributed by atoms with E-state index in [9.17, 15) is 0 Å². The Hall–Kier alpha value is -2.82. The van der Waals surface area contributed by atoms with Gasteiger partial charge < -0.3 is 21.3 Å². The molecule has 0 saturated heterocycles. The average Bonchev–Trinajstić information content (AvgIpc) is 2.78. The lowest BCUT2D eigenvalue weighted by molar-refractivity contribution is 0.417. The summed E-state index contributed by atoms with van der Waals surface area (Å²) in [5.41, 5.74) is 11.3. The SMILES string of the molecule is C/C1=C\C=C/CN(c2ccc(C3(C)C=CN3)cc2)C2=CC=CC(NC3C=CC(N)CC3)C21. The molecule has 1 aromatic rings. The van der Waals surface area contributed by atoms with E-state index in [0.29, 0.717) is 12.0 Å². The minimum atomic E-state index is -0.0472. The van der Waals surface area contributed by atoms with Crippen LogP contribution in [0.25, 0.3) is 0 Å². The molecule has 2 aliphatic heterocycles. The van der Waals surface area contributed by atoms with E-state index in [1.807, 2.05) is 6.20 Å². The molecule has 0 bridgehead atoms. The molecule has 5 rings (SSSR count). The second kappa shape index (κ2) is 8.61. The predicted molar refractivity (Wildman–Crippen MR) is 134 cm³/mol. The topological polar surface area (TPSA) is 53.3 Å². The van der Waals surface area contributed by atoms with Crippen molar-refractivity contribution >= 4 is 5.69 Å². The van der Waals surface area contributed by atoms with Gasteiger partial charge in [-0.15, -0.1) is 0 Å². The van der Waals surface area contributed by atoms with Crippen molar-refractivity contribution in [2.24, 2.45) is 11.7 Å². The maximum Gasteiger partial charge on any atom is 0.0792 e. The van der Waals surface area contributed by atoms with E-state index in [2.05, 4.69) is 108 Å². The minimum absolute atomic E-state index is 0.0472. The Labute approximate surface area is 191 Å². The van der Waals surface area contributed by atoms with E-state index >= 15 is 0 Å². The Balaban J connectivity index is 1.42. The number of hydrogen-bond donors (Lipinski definition) is 3. The van der Waals surface area contributed by atoms with Gasteiger partial charge in [-0.2, -0.15) is 0 Å². The lowest BCUT2D eigenvalue weighted by atomic mass is 9.82. The van der Waals surface area contributed by atoms with Gasteiger partial charge >= 0.3 is 0 Å². The van der Waals surface area contributed by atoms with Crippen LogP contribution in [-0.4, -0.2) is 24.7 Å². The van der Waals surface area contributed by atoms with Gasteiger partial charge in [-0.3, -0.25) is 0 Å². The number of fused-ring (bicyclic) bond motifs is 1. The van der Waals surface area contributed by atoms with Crippen LogP contribution in [0.15, 0.2) is 96.4 Å². The van der Waals surface area contributed by atoms with Crippen LogP contribution in [0.3, 0.4) is 0 Å². The van der Waals surface area contributed by atoms with Gasteiger partial charge in [0, 0.05) is 42.0 Å². The summed E-state index contributed by atoms with van der Waals surface area (Å²) in [4.78, 5) is 2.46. The van der Waals surface area contributed by atoms with Crippen molar-refractivity contribution < 1.29 is 0 Å². The second-order valence-corrected chi connectivity index (χ2v) is 9.56. The van der Waals surface area contributed by atoms with Gasteiger partial charge in [0.2, 0.25) is 0 Å². The molecule has 166 valence electrons. The van der Waals surface area contributed by atoms with Gasteiger partial charge in [0.15, 0.2) is 0 Å². The van der Waals surface area contributed by atoms with Crippen LogP contribution in [0, 0.1) is 5.92 Å². The predicted octanol–water partition coefficient (Wildman–Crippen LogP) is 4.42. The Kier molecular flexibility index (Phi) is 5.66. The quantitative estimate of drug-likeness (QED) is 0.624. The van der Waals surface area contributed by atoms with Crippen molar-refractivity contribution in [1.82, 2.24) is 10.6 Å². The van der Waals surface area contributed by atoms with Crippen molar-refractivity contribution in [3.05, 3.63) is 102 Å². The molecule has 0 radical (unpaired) electrons. The monoisotopic (exact) mass is 426 g/mol. The first-order valence-corrected chi connectivity index (χ1v) is 11.8. The zero-order valence-electron chi connectivity index (χ0n) is 19.0. The van der Waals surface area contributed by atoms with Gasteiger partial charge in [0.25, 0.3) is 0 Å². The van der Waals surface area contributed by atoms with E-state index in [4.69, 9.17) is 5.73 Å². The van der Waals surface area contributed by atoms with Crippen LogP contribution in [0.1, 0.15) is 32.3 Å². The van der Waals surface area contributed by atoms with Crippen LogP contribution in [-0.2, 0) is 5.54 Å². The van der Waals surface area contributed by atoms with Crippen LogP contribution >= 0.6 is 0 Å². The maximum atomic E-state index is 6.06. The van der Waals surface area contributed by atoms with Gasteiger partial charge in [0.05, 0.1) is 5.54 Å². The van der Waals surface area contributed by atoms with Crippen molar-refractivity contribution in [1.29, 1.82) is 0 Å². The van der Waals surface area contributed by atoms with Crippen molar-refractivity contribution in [2.45, 2.75) is 50.4 Å². The second-order valence-electron chi connectivity index (χ2n) is 9.56. The molecule has 0 aromatic heterocycles. The molecule has 32 heavy (non-hydrogen) atoms. The number of benzene rings is 1. The molecule has 0 amide bonds. The Morgan fingerprint density at radius 3 is 2.56 bits per heavy atom. The van der Waals surface area contributed by atoms with Crippen LogP contribution < -0.4 is 21.3 Å². The first kappa shape index (κ1) is 21.0. The third kappa shape index (κ3) is 4.01. The normalized spacial score (nSPS) is 36.0. The summed E-state index contributed by atoms with van der Waals surface area (Å²) in [6.07, 6.45) is 24.3. The number of nitrogens with two attached hydrogens (primary N) is 1. The lowest BCUT2D eigenvalue weighted by Gasteiger charge is -2.40. The molecule has 0 spiro atoms. The molecule has 2 heterocycles. The number of nitrogens with one attached hydrogen (secondary N) is 2. The summed E-state index contributed by atoms with van der Waals surface area (Å²) >= 11 is 0. The van der Waals surface area contributed by atoms with E-state index in [1.54, 1.807) is 0 Å². The van der Waals surface area contributed by atoms with Crippen LogP contribution in [0.5, 0.6) is 0 Å². The Morgan fingerprint density at radius 2 is 1.88 bits per heavy atom. The van der Waals surface area contributed by atoms with Gasteiger partial charge in [-0.05, 0) is 62.7 Å². The zero-order valence-corrected chi connectivity index (χ0v) is 19.0. The molecular formula is C28H34N4. The Morgan fingerprint density at radius 1 is 1.06 bits per heavy atom. The summed E-state index contributed by atoms with van der Waals surface area (Å²) in [5.74, 6) is 0.294. The summed E-state index contributed by atoms with van der Waals surface area (Å²) in [6, 6.07) is 9.83. The van der Waals surface area contributed by atoms with Gasteiger partial charge in [-0.25, -0.2) is 0 Å². The minimum Gasteiger partial charge on any atom is -0.378 e. The molecule has 4 N–H and O–H groups in total. The summed E-state index contributed by atoms with van der Waals surface area (Å²) in [5, 5.41) is 7.29. The fraction of sp³-hybridized carbons (Fsp3) is 0.357. The number of nitrogens with zero attached hydrogens (tertiary/aromatic N) is 1. The summed E-state index contributed by atoms with van der Waals surface area (Å²) in [7, 11) is 0. The average molecular weight is 427 g/mol. The third-order valence-corrected chi connectivity index (χ3v) is 7.24. The summed E-state index contributed by atoms with van der Waals surface area (Å²) in [6.45, 7) is 5.33. The van der Waals surface area contributed by atoms with E-state index in [0.717, 1.165) is 19.4 Å². The van der Waals surface area contributed by atoms with Gasteiger partial charge in [-0.1, -0.05) is 60.2 Å². The van der Waals surface area contributed by atoms with Crippen LogP contribution in [0.2, 0.25) is 0 Å². The Bertz CT molecular complexity index is 1030. The van der Waals surface area contributed by atoms with E-state index in [1.165, 1.54) is 22.5 Å². The molecule has 4 heteroatoms. The fourth-order valence-corrected chi connectivity index (χ4v) is 5.18. The largest absolute Gasteiger partial charge is 0.378 e. The zero-order chi connectivity index (χ0) is 22.1. The van der Waals surface area contributed by atoms with E-state index in [-0.39, 0.29) is 17.6 Å². The number of anilines is 1. The number of rotatable bonds is 4. The molecule has 5 atom stereocenters. The molecule has 0 saturated carbocycles. The highest BCUT2D eigenvalue weighted by Crippen LogP contribution is 2.36. The highest BCUT2D eigenvalue weighted by Gasteiger charge is 2.33. The smallest absolute Gasteiger partial charge is 0.0792 e. The standard InChI is InChI=1S/C28H34N4/c1-20-6-3-4-19-32(24-15-9-21(10-16-24)28(2)17-18-30-28)26-8-5-7-25(27(20)26)31-23-13-11-22(29)12-14-23/h3-11,13,15-18,22-23,25,27,30-31H,12,14,19,29H2,1-2H3/b4-3-,20-6+. The number of hydrogen-bond acceptors (Lipinski definition) is 4. The molecule has 1 aromatic carbocycles. The number of allylic oxidation sites excluding steroid dienone is 4. The maximum absolute atomic E-state index is 6.06. The van der Waals surface area contributed by atoms with Crippen molar-refractivity contribution in [3.63, 3.8) is 0 Å². The van der Waals surface area contributed by atoms with E-state index < -0.39 is 0 Å². The summed E-state index contributed by atoms with van der Waals surface area (Å²) < 4.78 is 0. The van der Waals surface area contributed by atoms with Gasteiger partial charge in [0.1, 0.15) is 0 Å². The molecule has 5 unspecified atom stereocenters. The first-order valence-electron chi connectivity index (χ1n) is 11.8. The highest BCUT2D eigenvalue weighted by molar-refractivity contribution is 5.58. The molecular weight excluding hydrogens is 392 g/mol. The first-order chi connectivity index (χ1) is 15.5. The fourth-order valence-electron chi connectivity index (χ4n) is 5.18.